The monoisotopic (exact) mass is 400 g/mol. The highest BCUT2D eigenvalue weighted by atomic mass is 32.1. The second-order valence-corrected chi connectivity index (χ2v) is 9.00. The molecule has 1 saturated carbocycles. The molecule has 0 aromatic carbocycles. The van der Waals surface area contributed by atoms with E-state index < -0.39 is 17.1 Å². The Morgan fingerprint density at radius 1 is 1.29 bits per heavy atom. The topological polar surface area (TPSA) is 93.5 Å². The molecule has 1 saturated heterocycles. The summed E-state index contributed by atoms with van der Waals surface area (Å²) in [6, 6.07) is 3.69. The molecule has 0 bridgehead atoms. The van der Waals surface area contributed by atoms with Crippen molar-refractivity contribution >= 4 is 29.2 Å². The lowest BCUT2D eigenvalue weighted by molar-refractivity contribution is -0.141. The van der Waals surface area contributed by atoms with E-state index in [9.17, 15) is 19.6 Å². The summed E-state index contributed by atoms with van der Waals surface area (Å²) in [6.07, 6.45) is 6.40. The second-order valence-electron chi connectivity index (χ2n) is 7.99. The fourth-order valence-corrected chi connectivity index (χ4v) is 5.82. The van der Waals surface area contributed by atoms with Crippen LogP contribution in [0.1, 0.15) is 55.4 Å². The zero-order chi connectivity index (χ0) is 19.9. The number of nitrogens with zero attached hydrogens (tertiary/aromatic N) is 3. The fourth-order valence-electron chi connectivity index (χ4n) is 4.82. The van der Waals surface area contributed by atoms with Crippen LogP contribution in [0.15, 0.2) is 11.4 Å². The highest BCUT2D eigenvalue weighted by Gasteiger charge is 2.55. The third-order valence-electron chi connectivity index (χ3n) is 6.53. The highest BCUT2D eigenvalue weighted by molar-refractivity contribution is 7.10. The van der Waals surface area contributed by atoms with Crippen LogP contribution in [0, 0.1) is 11.3 Å². The van der Waals surface area contributed by atoms with Gasteiger partial charge in [-0.05, 0) is 43.6 Å². The number of hydrogen-bond acceptors (Lipinski definition) is 5. The van der Waals surface area contributed by atoms with Gasteiger partial charge in [0, 0.05) is 17.5 Å². The fraction of sp³-hybridized carbons (Fsp3) is 0.600. The van der Waals surface area contributed by atoms with E-state index >= 15 is 0 Å². The average Bonchev–Trinajstić information content (AvgIpc) is 3.28. The smallest absolute Gasteiger partial charge is 0.325 e. The SMILES string of the molecule is CN(C(=O)CN1C(=O)N[C@]2(CCCc3sccc32)C1=O)C1(C#N)CCCCC1. The summed E-state index contributed by atoms with van der Waals surface area (Å²) in [5.74, 6) is -0.724. The van der Waals surface area contributed by atoms with Crippen LogP contribution in [-0.4, -0.2) is 46.8 Å². The minimum Gasteiger partial charge on any atom is -0.325 e. The Bertz CT molecular complexity index is 867. The number of imide groups is 1. The van der Waals surface area contributed by atoms with E-state index in [1.54, 1.807) is 18.4 Å². The molecule has 2 aliphatic carbocycles. The van der Waals surface area contributed by atoms with Gasteiger partial charge in [-0.3, -0.25) is 14.5 Å². The summed E-state index contributed by atoms with van der Waals surface area (Å²) >= 11 is 1.60. The van der Waals surface area contributed by atoms with Crippen molar-refractivity contribution in [3.05, 3.63) is 21.9 Å². The Morgan fingerprint density at radius 2 is 2.04 bits per heavy atom. The molecular formula is C20H24N4O3S. The number of fused-ring (bicyclic) bond motifs is 2. The van der Waals surface area contributed by atoms with Crippen molar-refractivity contribution < 1.29 is 14.4 Å². The van der Waals surface area contributed by atoms with E-state index in [0.717, 1.165) is 47.4 Å². The van der Waals surface area contributed by atoms with Crippen molar-refractivity contribution in [3.8, 4) is 6.07 Å². The van der Waals surface area contributed by atoms with Crippen molar-refractivity contribution in [1.82, 2.24) is 15.1 Å². The van der Waals surface area contributed by atoms with E-state index in [2.05, 4.69) is 11.4 Å². The van der Waals surface area contributed by atoms with Gasteiger partial charge in [0.1, 0.15) is 17.6 Å². The van der Waals surface area contributed by atoms with Crippen molar-refractivity contribution in [3.63, 3.8) is 0 Å². The van der Waals surface area contributed by atoms with Crippen LogP contribution in [0.3, 0.4) is 0 Å². The number of aryl methyl sites for hydroxylation is 1. The van der Waals surface area contributed by atoms with Crippen LogP contribution in [0.4, 0.5) is 4.79 Å². The van der Waals surface area contributed by atoms with E-state index in [-0.39, 0.29) is 18.4 Å². The number of amides is 4. The summed E-state index contributed by atoms with van der Waals surface area (Å²) in [7, 11) is 1.61. The van der Waals surface area contributed by atoms with Gasteiger partial charge >= 0.3 is 6.03 Å². The van der Waals surface area contributed by atoms with E-state index in [4.69, 9.17) is 0 Å². The zero-order valence-electron chi connectivity index (χ0n) is 16.0. The normalized spacial score (nSPS) is 25.9. The standard InChI is InChI=1S/C20H24N4O3S/c1-23(19(13-21)8-3-2-4-9-19)16(25)12-24-17(26)20(22-18(24)27)10-5-6-15-14(20)7-11-28-15/h7,11H,2-6,8-10,12H2,1H3,(H,22,27)/t20-/m0/s1. The predicted octanol–water partition coefficient (Wildman–Crippen LogP) is 2.52. The lowest BCUT2D eigenvalue weighted by Gasteiger charge is -2.39. The van der Waals surface area contributed by atoms with Crippen LogP contribution >= 0.6 is 11.3 Å². The van der Waals surface area contributed by atoms with Crippen LogP contribution in [0.2, 0.25) is 0 Å². The van der Waals surface area contributed by atoms with Gasteiger partial charge in [0.15, 0.2) is 0 Å². The summed E-state index contributed by atoms with van der Waals surface area (Å²) < 4.78 is 0. The maximum atomic E-state index is 13.2. The molecule has 1 aliphatic heterocycles. The highest BCUT2D eigenvalue weighted by Crippen LogP contribution is 2.42. The van der Waals surface area contributed by atoms with Crippen LogP contribution in [0.25, 0.3) is 0 Å². The number of rotatable bonds is 3. The molecule has 1 aromatic rings. The van der Waals surface area contributed by atoms with Gasteiger partial charge in [0.2, 0.25) is 5.91 Å². The summed E-state index contributed by atoms with van der Waals surface area (Å²) in [5, 5.41) is 14.5. The molecule has 4 amide bonds. The van der Waals surface area contributed by atoms with Gasteiger partial charge in [-0.1, -0.05) is 19.3 Å². The summed E-state index contributed by atoms with van der Waals surface area (Å²) in [6.45, 7) is -0.328. The third kappa shape index (κ3) is 2.72. The molecule has 4 rings (SSSR count). The molecular weight excluding hydrogens is 376 g/mol. The molecule has 1 spiro atoms. The van der Waals surface area contributed by atoms with Crippen molar-refractivity contribution in [1.29, 1.82) is 5.26 Å². The zero-order valence-corrected chi connectivity index (χ0v) is 16.8. The Hall–Kier alpha value is -2.40. The molecule has 2 heterocycles. The average molecular weight is 401 g/mol. The number of likely N-dealkylation sites (N-methyl/N-ethyl adjacent to an activating group) is 1. The number of carbonyl (C=O) groups excluding carboxylic acids is 3. The first-order chi connectivity index (χ1) is 13.4. The first-order valence-corrected chi connectivity index (χ1v) is 10.7. The first kappa shape index (κ1) is 18.9. The van der Waals surface area contributed by atoms with Crippen LogP contribution in [-0.2, 0) is 21.5 Å². The van der Waals surface area contributed by atoms with Gasteiger partial charge in [-0.2, -0.15) is 5.26 Å². The van der Waals surface area contributed by atoms with Crippen molar-refractivity contribution in [2.45, 2.75) is 62.4 Å². The van der Waals surface area contributed by atoms with E-state index in [0.29, 0.717) is 19.3 Å². The number of nitriles is 1. The lowest BCUT2D eigenvalue weighted by atomic mass is 9.80. The van der Waals surface area contributed by atoms with Crippen LogP contribution < -0.4 is 5.32 Å². The molecule has 0 radical (unpaired) electrons. The van der Waals surface area contributed by atoms with Gasteiger partial charge in [0.25, 0.3) is 5.91 Å². The second kappa shape index (κ2) is 6.89. The van der Waals surface area contributed by atoms with Crippen LogP contribution in [0.5, 0.6) is 0 Å². The largest absolute Gasteiger partial charge is 0.325 e. The molecule has 7 nitrogen and oxygen atoms in total. The van der Waals surface area contributed by atoms with Gasteiger partial charge < -0.3 is 10.2 Å². The molecule has 2 fully saturated rings. The molecule has 1 atom stereocenters. The Labute approximate surface area is 168 Å². The maximum Gasteiger partial charge on any atom is 0.325 e. The lowest BCUT2D eigenvalue weighted by Crippen LogP contribution is -2.53. The number of nitrogens with one attached hydrogen (secondary N) is 1. The van der Waals surface area contributed by atoms with Gasteiger partial charge in [-0.25, -0.2) is 4.79 Å². The quantitative estimate of drug-likeness (QED) is 0.789. The first-order valence-electron chi connectivity index (χ1n) is 9.82. The molecule has 8 heteroatoms. The van der Waals surface area contributed by atoms with Gasteiger partial charge in [-0.15, -0.1) is 11.3 Å². The van der Waals surface area contributed by atoms with E-state index in [1.807, 2.05) is 11.4 Å². The van der Waals surface area contributed by atoms with Crippen molar-refractivity contribution in [2.24, 2.45) is 0 Å². The molecule has 3 aliphatic rings. The van der Waals surface area contributed by atoms with E-state index in [1.165, 1.54) is 4.90 Å². The molecule has 148 valence electrons. The van der Waals surface area contributed by atoms with Crippen molar-refractivity contribution in [2.75, 3.05) is 13.6 Å². The Morgan fingerprint density at radius 3 is 2.75 bits per heavy atom. The Balaban J connectivity index is 1.55. The predicted molar refractivity (Wildman–Crippen MR) is 103 cm³/mol. The summed E-state index contributed by atoms with van der Waals surface area (Å²) in [5.41, 5.74) is -1.01. The minimum atomic E-state index is -1.04. The molecule has 1 aromatic heterocycles. The molecule has 1 N–H and O–H groups in total. The van der Waals surface area contributed by atoms with Gasteiger partial charge in [0.05, 0.1) is 6.07 Å². The summed E-state index contributed by atoms with van der Waals surface area (Å²) in [4.78, 5) is 42.4. The molecule has 0 unspecified atom stereocenters. The third-order valence-corrected chi connectivity index (χ3v) is 7.52. The number of carbonyl (C=O) groups is 3. The maximum absolute atomic E-state index is 13.2. The number of urea groups is 1. The number of hydrogen-bond donors (Lipinski definition) is 1. The minimum absolute atomic E-state index is 0.328. The number of thiophene rings is 1. The molecule has 28 heavy (non-hydrogen) atoms. The Kier molecular flexibility index (Phi) is 4.66.